The van der Waals surface area contributed by atoms with Gasteiger partial charge in [0.1, 0.15) is 11.6 Å². The minimum absolute atomic E-state index is 0.0102. The number of rotatable bonds is 19. The number of hydrogen-bond donors (Lipinski definition) is 0. The molecule has 2 saturated carbocycles. The topological polar surface area (TPSA) is 155 Å². The molecule has 70 heavy (non-hydrogen) atoms. The van der Waals surface area contributed by atoms with Crippen molar-refractivity contribution in [2.45, 2.75) is 76.7 Å². The quantitative estimate of drug-likeness (QED) is 0.0709. The van der Waals surface area contributed by atoms with Gasteiger partial charge in [-0.15, -0.1) is 20.4 Å². The number of amides is 2. The monoisotopic (exact) mass is 1080 g/mol. The lowest BCUT2D eigenvalue weighted by molar-refractivity contribution is -0.128. The van der Waals surface area contributed by atoms with E-state index < -0.39 is 24.0 Å². The van der Waals surface area contributed by atoms with E-state index in [1.807, 2.05) is 48.5 Å². The van der Waals surface area contributed by atoms with Crippen LogP contribution in [-0.4, -0.2) is 84.1 Å². The second kappa shape index (κ2) is 20.9. The fourth-order valence-electron chi connectivity index (χ4n) is 8.41. The van der Waals surface area contributed by atoms with E-state index in [9.17, 15) is 18.4 Å². The van der Waals surface area contributed by atoms with E-state index in [2.05, 4.69) is 52.3 Å². The van der Waals surface area contributed by atoms with Gasteiger partial charge in [0.2, 0.25) is 23.6 Å². The predicted octanol–water partition coefficient (Wildman–Crippen LogP) is 10.2. The average Bonchev–Trinajstić information content (AvgIpc) is 4.31. The van der Waals surface area contributed by atoms with Crippen LogP contribution in [0.5, 0.6) is 0 Å². The molecule has 2 aromatic heterocycles. The lowest BCUT2D eigenvalue weighted by Crippen LogP contribution is -2.41. The van der Waals surface area contributed by atoms with Gasteiger partial charge in [-0.05, 0) is 118 Å². The summed E-state index contributed by atoms with van der Waals surface area (Å²) >= 11 is 7.56. The van der Waals surface area contributed by atoms with E-state index in [0.29, 0.717) is 76.6 Å². The van der Waals surface area contributed by atoms with E-state index >= 15 is 0 Å². The molecule has 4 aliphatic rings. The number of fused-ring (bicyclic) bond motifs is 2. The molecule has 362 valence electrons. The molecule has 2 unspecified atom stereocenters. The second-order valence-electron chi connectivity index (χ2n) is 17.7. The van der Waals surface area contributed by atoms with Crippen molar-refractivity contribution in [1.82, 2.24) is 20.4 Å². The number of ether oxygens (including phenoxy) is 4. The first-order chi connectivity index (χ1) is 34.0. The van der Waals surface area contributed by atoms with Gasteiger partial charge in [-0.25, -0.2) is 8.78 Å². The Morgan fingerprint density at radius 1 is 0.571 bits per heavy atom. The van der Waals surface area contributed by atoms with Gasteiger partial charge in [-0.3, -0.25) is 9.59 Å². The largest absolute Gasteiger partial charge is 0.421 e. The molecule has 2 fully saturated rings. The number of carbonyl (C=O) groups is 2. The number of halogens is 4. The van der Waals surface area contributed by atoms with E-state index in [0.717, 1.165) is 25.7 Å². The molecule has 0 saturated heterocycles. The zero-order valence-electron chi connectivity index (χ0n) is 38.3. The molecule has 4 aromatic carbocycles. The molecule has 2 atom stereocenters. The van der Waals surface area contributed by atoms with E-state index in [1.165, 1.54) is 12.1 Å². The minimum Gasteiger partial charge on any atom is -0.421 e. The Morgan fingerprint density at radius 2 is 0.971 bits per heavy atom. The SMILES string of the molecule is Cc1ccc(CN2C(=O)C(OCCOCCOCCOC3C(=O)N(Cc4ccc(C)c(F)c4)c4ccccc4C(Br)=C3c3nnc(C4CC4)o3)C(c3nnc(C4CC4)o3)=C(Br)c3ccccc32)cc1F. The van der Waals surface area contributed by atoms with Crippen LogP contribution < -0.4 is 9.80 Å². The molecule has 4 heterocycles. The summed E-state index contributed by atoms with van der Waals surface area (Å²) < 4.78 is 67.6. The van der Waals surface area contributed by atoms with E-state index in [1.54, 1.807) is 47.9 Å². The number of para-hydroxylation sites is 2. The van der Waals surface area contributed by atoms with Gasteiger partial charge < -0.3 is 37.6 Å². The van der Waals surface area contributed by atoms with Crippen LogP contribution in [0.3, 0.4) is 0 Å². The number of hydrogen-bond acceptors (Lipinski definition) is 12. The van der Waals surface area contributed by atoms with Gasteiger partial charge in [0.15, 0.2) is 12.2 Å². The van der Waals surface area contributed by atoms with Gasteiger partial charge in [0.05, 0.1) is 75.3 Å². The fraction of sp³-hybridized carbons (Fsp3) is 0.346. The molecule has 0 N–H and O–H groups in total. The highest BCUT2D eigenvalue weighted by molar-refractivity contribution is 9.15. The Labute approximate surface area is 419 Å². The van der Waals surface area contributed by atoms with Crippen LogP contribution in [0.1, 0.15) is 94.5 Å². The van der Waals surface area contributed by atoms with Crippen LogP contribution in [0, 0.1) is 25.5 Å². The van der Waals surface area contributed by atoms with Crippen LogP contribution in [0.25, 0.3) is 20.1 Å². The summed E-state index contributed by atoms with van der Waals surface area (Å²) in [7, 11) is 0. The molecule has 2 aliphatic heterocycles. The number of anilines is 2. The minimum atomic E-state index is -1.19. The third-order valence-electron chi connectivity index (χ3n) is 12.6. The van der Waals surface area contributed by atoms with Crippen molar-refractivity contribution < 1.29 is 46.2 Å². The zero-order valence-corrected chi connectivity index (χ0v) is 41.5. The first-order valence-corrected chi connectivity index (χ1v) is 24.8. The summed E-state index contributed by atoms with van der Waals surface area (Å²) in [6.07, 6.45) is 1.41. The van der Waals surface area contributed by atoms with Crippen molar-refractivity contribution in [2.24, 2.45) is 0 Å². The number of benzene rings is 4. The summed E-state index contributed by atoms with van der Waals surface area (Å²) in [5, 5.41) is 17.3. The summed E-state index contributed by atoms with van der Waals surface area (Å²) in [5.74, 6) is 0.192. The normalized spacial score (nSPS) is 18.4. The van der Waals surface area contributed by atoms with Gasteiger partial charge in [-0.1, -0.05) is 60.7 Å². The van der Waals surface area contributed by atoms with E-state index in [-0.39, 0.29) is 88.0 Å². The lowest BCUT2D eigenvalue weighted by atomic mass is 10.1. The van der Waals surface area contributed by atoms with Gasteiger partial charge in [0, 0.05) is 31.9 Å². The molecule has 2 aliphatic carbocycles. The molecule has 6 aromatic rings. The van der Waals surface area contributed by atoms with Crippen LogP contribution in [0.15, 0.2) is 93.8 Å². The van der Waals surface area contributed by atoms with Crippen LogP contribution in [0.4, 0.5) is 20.2 Å². The maximum atomic E-state index is 14.8. The number of aromatic nitrogens is 4. The third-order valence-corrected chi connectivity index (χ3v) is 14.3. The lowest BCUT2D eigenvalue weighted by Gasteiger charge is -2.27. The molecule has 2 amide bonds. The van der Waals surface area contributed by atoms with Crippen molar-refractivity contribution in [3.8, 4) is 0 Å². The first-order valence-electron chi connectivity index (χ1n) is 23.2. The van der Waals surface area contributed by atoms with Crippen molar-refractivity contribution in [1.29, 1.82) is 0 Å². The van der Waals surface area contributed by atoms with Crippen LogP contribution in [-0.2, 0) is 41.6 Å². The van der Waals surface area contributed by atoms with Gasteiger partial charge in [-0.2, -0.15) is 0 Å². The second-order valence-corrected chi connectivity index (χ2v) is 19.3. The highest BCUT2D eigenvalue weighted by Crippen LogP contribution is 2.47. The summed E-state index contributed by atoms with van der Waals surface area (Å²) in [6.45, 7) is 4.14. The summed E-state index contributed by atoms with van der Waals surface area (Å²) in [5.41, 5.74) is 5.60. The van der Waals surface area contributed by atoms with Crippen molar-refractivity contribution in [3.63, 3.8) is 0 Å². The maximum absolute atomic E-state index is 14.8. The van der Waals surface area contributed by atoms with Crippen molar-refractivity contribution in [2.75, 3.05) is 49.4 Å². The highest BCUT2D eigenvalue weighted by atomic mass is 79.9. The summed E-state index contributed by atoms with van der Waals surface area (Å²) in [4.78, 5) is 32.6. The molecule has 10 rings (SSSR count). The number of aryl methyl sites for hydroxylation is 2. The Morgan fingerprint density at radius 3 is 1.37 bits per heavy atom. The molecule has 18 heteroatoms. The van der Waals surface area contributed by atoms with E-state index in [4.69, 9.17) is 27.8 Å². The third kappa shape index (κ3) is 10.2. The van der Waals surface area contributed by atoms with Gasteiger partial charge >= 0.3 is 0 Å². The predicted molar refractivity (Wildman–Crippen MR) is 263 cm³/mol. The highest BCUT2D eigenvalue weighted by Gasteiger charge is 2.42. The number of carbonyl (C=O) groups excluding carboxylic acids is 2. The average molecular weight is 1080 g/mol. The first kappa shape index (κ1) is 47.9. The molecule has 0 bridgehead atoms. The fourth-order valence-corrected chi connectivity index (χ4v) is 9.83. The standard InChI is InChI=1S/C52H48Br2F2N6O8/c1-29-11-13-31(25-37(29)55)27-61-39-9-5-3-7-35(39)43(53)41(49-59-57-47(69-49)33-15-16-33)45(51(61)63)67-23-21-65-19-20-66-22-24-68-46-42(50-60-58-48(70-50)34-17-18-34)44(54)36-8-4-6-10-40(36)62(52(46)64)28-32-14-12-30(2)38(56)26-32/h3-14,25-26,33-34,45-46H,15-24,27-28H2,1-2H3. The Hall–Kier alpha value is -5.76. The molecule has 0 radical (unpaired) electrons. The maximum Gasteiger partial charge on any atom is 0.261 e. The Bertz CT molecular complexity index is 2810. The molecule has 14 nitrogen and oxygen atoms in total. The molecule has 0 spiro atoms. The van der Waals surface area contributed by atoms with Crippen molar-refractivity contribution >= 4 is 75.2 Å². The van der Waals surface area contributed by atoms with Gasteiger partial charge in [0.25, 0.3) is 11.8 Å². The molecular formula is C52H48Br2F2N6O8. The Balaban J connectivity index is 0.793. The van der Waals surface area contributed by atoms with Crippen molar-refractivity contribution in [3.05, 3.63) is 154 Å². The van der Waals surface area contributed by atoms with Crippen LogP contribution >= 0.6 is 31.9 Å². The van der Waals surface area contributed by atoms with Crippen LogP contribution in [0.2, 0.25) is 0 Å². The number of nitrogens with zero attached hydrogens (tertiary/aromatic N) is 6. The Kier molecular flexibility index (Phi) is 14.3. The smallest absolute Gasteiger partial charge is 0.261 e. The summed E-state index contributed by atoms with van der Waals surface area (Å²) in [6, 6.07) is 24.7. The molecular weight excluding hydrogens is 1030 g/mol. The zero-order chi connectivity index (χ0) is 48.5.